The molecule has 1 saturated carbocycles. The Hall–Kier alpha value is -0.480. The molecule has 1 aromatic heterocycles. The Kier molecular flexibility index (Phi) is 4.92. The van der Waals surface area contributed by atoms with Crippen molar-refractivity contribution in [3.8, 4) is 0 Å². The van der Waals surface area contributed by atoms with Crippen molar-refractivity contribution in [3.63, 3.8) is 0 Å². The smallest absolute Gasteiger partial charge is 0.0581 e. The molecule has 0 aromatic carbocycles. The van der Waals surface area contributed by atoms with E-state index in [9.17, 15) is 0 Å². The van der Waals surface area contributed by atoms with Gasteiger partial charge in [0.15, 0.2) is 0 Å². The summed E-state index contributed by atoms with van der Waals surface area (Å²) in [5, 5.41) is 8.53. The van der Waals surface area contributed by atoms with Crippen LogP contribution >= 0.6 is 11.8 Å². The Bertz CT molecular complexity index is 331. The third-order valence-electron chi connectivity index (χ3n) is 3.62. The third-order valence-corrected chi connectivity index (χ3v) is 5.08. The predicted molar refractivity (Wildman–Crippen MR) is 74.3 cm³/mol. The van der Waals surface area contributed by atoms with Crippen molar-refractivity contribution in [1.29, 1.82) is 0 Å². The zero-order valence-electron chi connectivity index (χ0n) is 10.9. The van der Waals surface area contributed by atoms with Crippen LogP contribution in [0.25, 0.3) is 0 Å². The minimum absolute atomic E-state index is 0.425. The minimum Gasteiger partial charge on any atom is -0.311 e. The lowest BCUT2D eigenvalue weighted by molar-refractivity contribution is 0.513. The lowest BCUT2D eigenvalue weighted by Crippen LogP contribution is -2.23. The lowest BCUT2D eigenvalue weighted by atomic mass is 10.0. The normalized spacial score (nSPS) is 19.4. The van der Waals surface area contributed by atoms with Gasteiger partial charge in [-0.1, -0.05) is 19.3 Å². The number of aromatic nitrogens is 2. The van der Waals surface area contributed by atoms with Crippen LogP contribution in [-0.4, -0.2) is 27.8 Å². The van der Waals surface area contributed by atoms with Gasteiger partial charge in [0.05, 0.1) is 11.7 Å². The molecule has 1 unspecified atom stereocenters. The Morgan fingerprint density at radius 1 is 1.47 bits per heavy atom. The SMILES string of the molecule is CNC(CSC1CCCCC1)c1ccnn1C. The Morgan fingerprint density at radius 2 is 2.24 bits per heavy atom. The molecule has 0 aliphatic heterocycles. The summed E-state index contributed by atoms with van der Waals surface area (Å²) in [4.78, 5) is 0. The average Bonchev–Trinajstić information content (AvgIpc) is 2.78. The summed E-state index contributed by atoms with van der Waals surface area (Å²) in [5.41, 5.74) is 1.29. The highest BCUT2D eigenvalue weighted by Gasteiger charge is 2.18. The van der Waals surface area contributed by atoms with Crippen LogP contribution in [0.4, 0.5) is 0 Å². The van der Waals surface area contributed by atoms with Crippen molar-refractivity contribution < 1.29 is 0 Å². The summed E-state index contributed by atoms with van der Waals surface area (Å²) >= 11 is 2.13. The van der Waals surface area contributed by atoms with Gasteiger partial charge < -0.3 is 5.32 Å². The molecule has 1 fully saturated rings. The second kappa shape index (κ2) is 6.45. The molecule has 3 nitrogen and oxygen atoms in total. The van der Waals surface area contributed by atoms with Gasteiger partial charge in [0.1, 0.15) is 0 Å². The van der Waals surface area contributed by atoms with Crippen LogP contribution in [0.15, 0.2) is 12.3 Å². The maximum Gasteiger partial charge on any atom is 0.0581 e. The van der Waals surface area contributed by atoms with E-state index in [4.69, 9.17) is 0 Å². The largest absolute Gasteiger partial charge is 0.311 e. The van der Waals surface area contributed by atoms with Crippen molar-refractivity contribution in [3.05, 3.63) is 18.0 Å². The first kappa shape index (κ1) is 13.0. The quantitative estimate of drug-likeness (QED) is 0.875. The molecule has 0 amide bonds. The van der Waals surface area contributed by atoms with Crippen LogP contribution in [0.2, 0.25) is 0 Å². The van der Waals surface area contributed by atoms with Crippen LogP contribution in [0, 0.1) is 0 Å². The molecule has 1 heterocycles. The van der Waals surface area contributed by atoms with Gasteiger partial charge in [-0.25, -0.2) is 0 Å². The summed E-state index contributed by atoms with van der Waals surface area (Å²) in [6, 6.07) is 2.54. The molecule has 17 heavy (non-hydrogen) atoms. The molecule has 96 valence electrons. The predicted octanol–water partition coefficient (Wildman–Crippen LogP) is 2.75. The van der Waals surface area contributed by atoms with Gasteiger partial charge in [-0.15, -0.1) is 0 Å². The van der Waals surface area contributed by atoms with Gasteiger partial charge in [-0.3, -0.25) is 4.68 Å². The van der Waals surface area contributed by atoms with Crippen LogP contribution in [-0.2, 0) is 7.05 Å². The number of nitrogens with one attached hydrogen (secondary N) is 1. The van der Waals surface area contributed by atoms with Gasteiger partial charge in [0.25, 0.3) is 0 Å². The van der Waals surface area contributed by atoms with E-state index in [1.54, 1.807) is 0 Å². The van der Waals surface area contributed by atoms with Crippen molar-refractivity contribution >= 4 is 11.8 Å². The molecular weight excluding hydrogens is 230 g/mol. The van der Waals surface area contributed by atoms with Gasteiger partial charge in [-0.05, 0) is 26.0 Å². The summed E-state index contributed by atoms with van der Waals surface area (Å²) in [6.45, 7) is 0. The second-order valence-corrected chi connectivity index (χ2v) is 6.15. The van der Waals surface area contributed by atoms with Crippen molar-refractivity contribution in [1.82, 2.24) is 15.1 Å². The van der Waals surface area contributed by atoms with E-state index in [2.05, 4.69) is 28.2 Å². The Morgan fingerprint density at radius 3 is 2.82 bits per heavy atom. The number of rotatable bonds is 5. The summed E-state index contributed by atoms with van der Waals surface area (Å²) in [6.07, 6.45) is 8.99. The Balaban J connectivity index is 1.85. The van der Waals surface area contributed by atoms with Crippen molar-refractivity contribution in [2.75, 3.05) is 12.8 Å². The third kappa shape index (κ3) is 3.49. The zero-order valence-corrected chi connectivity index (χ0v) is 11.7. The van der Waals surface area contributed by atoms with Crippen LogP contribution in [0.3, 0.4) is 0 Å². The van der Waals surface area contributed by atoms with Gasteiger partial charge in [-0.2, -0.15) is 16.9 Å². The van der Waals surface area contributed by atoms with E-state index in [0.717, 1.165) is 11.0 Å². The molecule has 4 heteroatoms. The van der Waals surface area contributed by atoms with E-state index >= 15 is 0 Å². The van der Waals surface area contributed by atoms with E-state index in [1.165, 1.54) is 37.8 Å². The Labute approximate surface area is 108 Å². The van der Waals surface area contributed by atoms with Crippen LogP contribution in [0.5, 0.6) is 0 Å². The molecule has 0 bridgehead atoms. The molecule has 1 aliphatic rings. The van der Waals surface area contributed by atoms with E-state index in [1.807, 2.05) is 25.0 Å². The molecular formula is C13H23N3S. The second-order valence-electron chi connectivity index (χ2n) is 4.81. The highest BCUT2D eigenvalue weighted by atomic mass is 32.2. The van der Waals surface area contributed by atoms with E-state index in [0.29, 0.717) is 6.04 Å². The van der Waals surface area contributed by atoms with Crippen molar-refractivity contribution in [2.45, 2.75) is 43.4 Å². The number of hydrogen-bond donors (Lipinski definition) is 1. The molecule has 0 saturated heterocycles. The summed E-state index contributed by atoms with van der Waals surface area (Å²) < 4.78 is 1.97. The maximum absolute atomic E-state index is 4.25. The fourth-order valence-electron chi connectivity index (χ4n) is 2.51. The first-order chi connectivity index (χ1) is 8.31. The van der Waals surface area contributed by atoms with E-state index in [-0.39, 0.29) is 0 Å². The molecule has 1 aromatic rings. The van der Waals surface area contributed by atoms with Gasteiger partial charge >= 0.3 is 0 Å². The molecule has 1 atom stereocenters. The average molecular weight is 253 g/mol. The standard InChI is InChI=1S/C13H23N3S/c1-14-12(13-8-9-15-16(13)2)10-17-11-6-4-3-5-7-11/h8-9,11-12,14H,3-7,10H2,1-2H3. The molecule has 0 radical (unpaired) electrons. The van der Waals surface area contributed by atoms with Crippen LogP contribution < -0.4 is 5.32 Å². The number of nitrogens with zero attached hydrogens (tertiary/aromatic N) is 2. The molecule has 1 aliphatic carbocycles. The summed E-state index contributed by atoms with van der Waals surface area (Å²) in [5.74, 6) is 1.15. The molecule has 0 spiro atoms. The number of hydrogen-bond acceptors (Lipinski definition) is 3. The fraction of sp³-hybridized carbons (Fsp3) is 0.769. The van der Waals surface area contributed by atoms with Crippen LogP contribution in [0.1, 0.15) is 43.8 Å². The first-order valence-corrected chi connectivity index (χ1v) is 7.63. The first-order valence-electron chi connectivity index (χ1n) is 6.58. The number of thioether (sulfide) groups is 1. The maximum atomic E-state index is 4.25. The topological polar surface area (TPSA) is 29.9 Å². The van der Waals surface area contributed by atoms with Gasteiger partial charge in [0.2, 0.25) is 0 Å². The van der Waals surface area contributed by atoms with Gasteiger partial charge in [0, 0.05) is 24.2 Å². The monoisotopic (exact) mass is 253 g/mol. The zero-order chi connectivity index (χ0) is 12.1. The van der Waals surface area contributed by atoms with Crippen molar-refractivity contribution in [2.24, 2.45) is 7.05 Å². The minimum atomic E-state index is 0.425. The highest BCUT2D eigenvalue weighted by molar-refractivity contribution is 7.99. The fourth-order valence-corrected chi connectivity index (χ4v) is 3.98. The lowest BCUT2D eigenvalue weighted by Gasteiger charge is -2.24. The van der Waals surface area contributed by atoms with E-state index < -0.39 is 0 Å². The number of aryl methyl sites for hydroxylation is 1. The molecule has 2 rings (SSSR count). The molecule has 1 N–H and O–H groups in total. The highest BCUT2D eigenvalue weighted by Crippen LogP contribution is 2.30. The summed E-state index contributed by atoms with van der Waals surface area (Å²) in [7, 11) is 4.06.